The monoisotopic (exact) mass is 350 g/mol. The number of rotatable bonds is 6. The second-order valence-electron chi connectivity index (χ2n) is 6.28. The summed E-state index contributed by atoms with van der Waals surface area (Å²) in [6.45, 7) is 1.70. The van der Waals surface area contributed by atoms with Crippen LogP contribution in [0.3, 0.4) is 0 Å². The highest BCUT2D eigenvalue weighted by Gasteiger charge is 2.12. The Bertz CT molecular complexity index is 964. The minimum atomic E-state index is -0.344. The van der Waals surface area contributed by atoms with Gasteiger partial charge in [0.15, 0.2) is 5.78 Å². The molecule has 0 fully saturated rings. The van der Waals surface area contributed by atoms with Crippen LogP contribution in [-0.4, -0.2) is 15.6 Å². The van der Waals surface area contributed by atoms with Gasteiger partial charge in [-0.25, -0.2) is 9.07 Å². The van der Waals surface area contributed by atoms with E-state index in [1.165, 1.54) is 16.8 Å². The van der Waals surface area contributed by atoms with Crippen LogP contribution in [0.25, 0.3) is 0 Å². The number of benzene rings is 2. The Hall–Kier alpha value is -3.08. The molecule has 0 amide bonds. The molecule has 2 aromatic carbocycles. The Morgan fingerprint density at radius 1 is 1.04 bits per heavy atom. The maximum Gasteiger partial charge on any atom is 0.270 e. The Morgan fingerprint density at radius 3 is 2.42 bits per heavy atom. The van der Waals surface area contributed by atoms with Gasteiger partial charge >= 0.3 is 0 Å². The van der Waals surface area contributed by atoms with Crippen molar-refractivity contribution in [2.75, 3.05) is 0 Å². The summed E-state index contributed by atoms with van der Waals surface area (Å²) in [7, 11) is 0. The first-order valence-electron chi connectivity index (χ1n) is 8.39. The molecule has 0 spiro atoms. The van der Waals surface area contributed by atoms with Crippen molar-refractivity contribution in [3.05, 3.63) is 99.2 Å². The molecule has 0 saturated carbocycles. The van der Waals surface area contributed by atoms with Gasteiger partial charge in [-0.05, 0) is 36.2 Å². The van der Waals surface area contributed by atoms with Crippen molar-refractivity contribution >= 4 is 5.78 Å². The molecule has 0 bridgehead atoms. The number of nitrogens with zero attached hydrogens (tertiary/aromatic N) is 2. The van der Waals surface area contributed by atoms with Gasteiger partial charge in [-0.1, -0.05) is 42.5 Å². The second-order valence-corrected chi connectivity index (χ2v) is 6.28. The standard InChI is InChI=1S/C21H19FN2O2/c1-15-11-18(12-16-5-3-2-4-6-16)21(26)24(23-15)14-20(25)13-17-7-9-19(22)10-8-17/h2-11H,12-14H2,1H3. The number of carbonyl (C=O) groups is 1. The topological polar surface area (TPSA) is 52.0 Å². The molecule has 0 N–H and O–H groups in total. The predicted molar refractivity (Wildman–Crippen MR) is 97.6 cm³/mol. The van der Waals surface area contributed by atoms with Crippen LogP contribution in [0, 0.1) is 12.7 Å². The van der Waals surface area contributed by atoms with E-state index in [2.05, 4.69) is 5.10 Å². The smallest absolute Gasteiger partial charge is 0.270 e. The maximum atomic E-state index is 13.0. The van der Waals surface area contributed by atoms with Crippen molar-refractivity contribution in [2.24, 2.45) is 0 Å². The quantitative estimate of drug-likeness (QED) is 0.686. The van der Waals surface area contributed by atoms with Crippen LogP contribution in [-0.2, 0) is 24.2 Å². The highest BCUT2D eigenvalue weighted by Crippen LogP contribution is 2.07. The lowest BCUT2D eigenvalue weighted by Gasteiger charge is -2.09. The fraction of sp³-hybridized carbons (Fsp3) is 0.190. The van der Waals surface area contributed by atoms with E-state index in [0.717, 1.165) is 5.56 Å². The summed E-state index contributed by atoms with van der Waals surface area (Å²) in [6.07, 6.45) is 0.631. The molecule has 0 unspecified atom stereocenters. The van der Waals surface area contributed by atoms with E-state index in [4.69, 9.17) is 0 Å². The first kappa shape index (κ1) is 17.7. The number of hydrogen-bond acceptors (Lipinski definition) is 3. The fourth-order valence-corrected chi connectivity index (χ4v) is 2.85. The molecule has 1 aromatic heterocycles. The number of hydrogen-bond donors (Lipinski definition) is 0. The summed E-state index contributed by atoms with van der Waals surface area (Å²) in [4.78, 5) is 25.0. The number of ketones is 1. The van der Waals surface area contributed by atoms with E-state index >= 15 is 0 Å². The van der Waals surface area contributed by atoms with Crippen LogP contribution in [0.15, 0.2) is 65.5 Å². The zero-order valence-electron chi connectivity index (χ0n) is 14.5. The zero-order chi connectivity index (χ0) is 18.5. The summed E-state index contributed by atoms with van der Waals surface area (Å²) < 4.78 is 14.2. The molecule has 0 aliphatic rings. The van der Waals surface area contributed by atoms with Crippen LogP contribution in [0.2, 0.25) is 0 Å². The number of Topliss-reactive ketones (excluding diaryl/α,β-unsaturated/α-hetero) is 1. The number of halogens is 1. The molecule has 3 rings (SSSR count). The molecule has 0 saturated heterocycles. The van der Waals surface area contributed by atoms with Gasteiger partial charge in [0.05, 0.1) is 5.69 Å². The van der Waals surface area contributed by atoms with Gasteiger partial charge in [0.2, 0.25) is 0 Å². The lowest BCUT2D eigenvalue weighted by atomic mass is 10.1. The summed E-state index contributed by atoms with van der Waals surface area (Å²) >= 11 is 0. The molecule has 26 heavy (non-hydrogen) atoms. The SMILES string of the molecule is Cc1cc(Cc2ccccc2)c(=O)n(CC(=O)Cc2ccc(F)cc2)n1. The number of aromatic nitrogens is 2. The third-order valence-electron chi connectivity index (χ3n) is 4.05. The molecule has 4 nitrogen and oxygen atoms in total. The lowest BCUT2D eigenvalue weighted by Crippen LogP contribution is -2.30. The van der Waals surface area contributed by atoms with Gasteiger partial charge in [0.25, 0.3) is 5.56 Å². The molecular weight excluding hydrogens is 331 g/mol. The van der Waals surface area contributed by atoms with E-state index in [0.29, 0.717) is 23.2 Å². The maximum absolute atomic E-state index is 13.0. The molecule has 132 valence electrons. The largest absolute Gasteiger partial charge is 0.297 e. The van der Waals surface area contributed by atoms with Crippen molar-refractivity contribution < 1.29 is 9.18 Å². The van der Waals surface area contributed by atoms with Crippen molar-refractivity contribution in [3.8, 4) is 0 Å². The Labute approximate surface area is 150 Å². The number of carbonyl (C=O) groups excluding carboxylic acids is 1. The van der Waals surface area contributed by atoms with Crippen LogP contribution in [0.4, 0.5) is 4.39 Å². The Balaban J connectivity index is 1.78. The van der Waals surface area contributed by atoms with Gasteiger partial charge in [-0.15, -0.1) is 0 Å². The van der Waals surface area contributed by atoms with E-state index in [1.807, 2.05) is 30.3 Å². The summed E-state index contributed by atoms with van der Waals surface area (Å²) in [6, 6.07) is 17.2. The molecule has 3 aromatic rings. The van der Waals surface area contributed by atoms with Gasteiger partial charge in [-0.3, -0.25) is 9.59 Å². The van der Waals surface area contributed by atoms with E-state index < -0.39 is 0 Å². The van der Waals surface area contributed by atoms with Crippen LogP contribution in [0.1, 0.15) is 22.4 Å². The molecule has 1 heterocycles. The predicted octanol–water partition coefficient (Wildman–Crippen LogP) is 3.09. The van der Waals surface area contributed by atoms with Gasteiger partial charge < -0.3 is 0 Å². The van der Waals surface area contributed by atoms with Crippen LogP contribution < -0.4 is 5.56 Å². The summed E-state index contributed by atoms with van der Waals surface area (Å²) in [5, 5.41) is 4.19. The second kappa shape index (κ2) is 7.87. The first-order chi connectivity index (χ1) is 12.5. The average molecular weight is 350 g/mol. The van der Waals surface area contributed by atoms with Crippen molar-refractivity contribution in [1.29, 1.82) is 0 Å². The lowest BCUT2D eigenvalue weighted by molar-refractivity contribution is -0.119. The molecule has 0 aliphatic carbocycles. The highest BCUT2D eigenvalue weighted by molar-refractivity contribution is 5.80. The third kappa shape index (κ3) is 4.51. The van der Waals surface area contributed by atoms with E-state index in [1.54, 1.807) is 25.1 Å². The van der Waals surface area contributed by atoms with Gasteiger partial charge in [0.1, 0.15) is 12.4 Å². The summed E-state index contributed by atoms with van der Waals surface area (Å²) in [5.41, 5.74) is 2.77. The van der Waals surface area contributed by atoms with E-state index in [-0.39, 0.29) is 30.1 Å². The van der Waals surface area contributed by atoms with Gasteiger partial charge in [-0.2, -0.15) is 5.10 Å². The molecule has 5 heteroatoms. The first-order valence-corrected chi connectivity index (χ1v) is 8.39. The molecule has 0 aliphatic heterocycles. The van der Waals surface area contributed by atoms with Crippen LogP contribution in [0.5, 0.6) is 0 Å². The van der Waals surface area contributed by atoms with Crippen LogP contribution >= 0.6 is 0 Å². The average Bonchev–Trinajstić information content (AvgIpc) is 2.62. The normalized spacial score (nSPS) is 10.7. The Kier molecular flexibility index (Phi) is 5.37. The van der Waals surface area contributed by atoms with Crippen molar-refractivity contribution in [2.45, 2.75) is 26.3 Å². The number of aryl methyl sites for hydroxylation is 1. The summed E-state index contributed by atoms with van der Waals surface area (Å²) in [5.74, 6) is -0.495. The molecule has 0 radical (unpaired) electrons. The third-order valence-corrected chi connectivity index (χ3v) is 4.05. The van der Waals surface area contributed by atoms with Gasteiger partial charge in [0, 0.05) is 18.4 Å². The highest BCUT2D eigenvalue weighted by atomic mass is 19.1. The molecular formula is C21H19FN2O2. The minimum absolute atomic E-state index is 0.0975. The van der Waals surface area contributed by atoms with Crippen molar-refractivity contribution in [3.63, 3.8) is 0 Å². The zero-order valence-corrected chi connectivity index (χ0v) is 14.5. The Morgan fingerprint density at radius 2 is 1.73 bits per heavy atom. The fourth-order valence-electron chi connectivity index (χ4n) is 2.85. The van der Waals surface area contributed by atoms with E-state index in [9.17, 15) is 14.0 Å². The van der Waals surface area contributed by atoms with Crippen molar-refractivity contribution in [1.82, 2.24) is 9.78 Å². The minimum Gasteiger partial charge on any atom is -0.297 e. The molecule has 0 atom stereocenters.